The first-order chi connectivity index (χ1) is 9.15. The lowest BCUT2D eigenvalue weighted by atomic mass is 10.2. The Bertz CT molecular complexity index is 677. The molecule has 2 aromatic rings. The monoisotopic (exact) mass is 320 g/mol. The third-order valence-corrected chi connectivity index (χ3v) is 3.63. The summed E-state index contributed by atoms with van der Waals surface area (Å²) in [5.41, 5.74) is 0.801. The molecule has 1 aliphatic carbocycles. The first-order valence-electron chi connectivity index (χ1n) is 6.16. The molecule has 0 aliphatic heterocycles. The molecule has 19 heavy (non-hydrogen) atoms. The van der Waals surface area contributed by atoms with Crippen molar-refractivity contribution in [3.8, 4) is 11.6 Å². The van der Waals surface area contributed by atoms with Gasteiger partial charge < -0.3 is 9.30 Å². The lowest BCUT2D eigenvalue weighted by Crippen LogP contribution is -2.20. The number of aromatic nitrogens is 2. The number of rotatable bonds is 3. The Morgan fingerprint density at radius 1 is 1.42 bits per heavy atom. The molecule has 0 unspecified atom stereocenters. The molecule has 4 nitrogen and oxygen atoms in total. The highest BCUT2D eigenvalue weighted by Gasteiger charge is 2.25. The summed E-state index contributed by atoms with van der Waals surface area (Å²) < 4.78 is 8.28. The van der Waals surface area contributed by atoms with Gasteiger partial charge in [-0.05, 0) is 37.5 Å². The second-order valence-corrected chi connectivity index (χ2v) is 5.60. The molecule has 1 heterocycles. The maximum atomic E-state index is 12.2. The number of hydrogen-bond acceptors (Lipinski definition) is 3. The van der Waals surface area contributed by atoms with Crippen LogP contribution in [0.4, 0.5) is 0 Å². The molecule has 1 aliphatic rings. The van der Waals surface area contributed by atoms with Crippen molar-refractivity contribution in [2.75, 3.05) is 0 Å². The summed E-state index contributed by atoms with van der Waals surface area (Å²) in [6.45, 7) is 1.93. The van der Waals surface area contributed by atoms with Crippen molar-refractivity contribution < 1.29 is 4.74 Å². The number of nitrogens with zero attached hydrogens (tertiary/aromatic N) is 2. The molecule has 0 spiro atoms. The van der Waals surface area contributed by atoms with Crippen molar-refractivity contribution in [3.63, 3.8) is 0 Å². The molecule has 0 radical (unpaired) electrons. The van der Waals surface area contributed by atoms with Crippen molar-refractivity contribution in [2.24, 2.45) is 0 Å². The molecular weight excluding hydrogens is 308 g/mol. The molecule has 5 heteroatoms. The summed E-state index contributed by atoms with van der Waals surface area (Å²) in [6.07, 6.45) is 5.45. The Kier molecular flexibility index (Phi) is 3.14. The van der Waals surface area contributed by atoms with Gasteiger partial charge in [0.15, 0.2) is 0 Å². The van der Waals surface area contributed by atoms with E-state index in [1.165, 1.54) is 0 Å². The van der Waals surface area contributed by atoms with Crippen LogP contribution in [0.15, 0.2) is 39.9 Å². The van der Waals surface area contributed by atoms with Gasteiger partial charge in [-0.1, -0.05) is 22.0 Å². The van der Waals surface area contributed by atoms with Crippen LogP contribution in [-0.2, 0) is 0 Å². The predicted molar refractivity (Wildman–Crippen MR) is 75.7 cm³/mol. The molecule has 0 amide bonds. The molecule has 3 rings (SSSR count). The SMILES string of the molecule is Cc1ccc(Br)cc1Oc1nccn(C2CC2)c1=O. The second kappa shape index (κ2) is 4.81. The fourth-order valence-corrected chi connectivity index (χ4v) is 2.24. The van der Waals surface area contributed by atoms with Gasteiger partial charge in [-0.3, -0.25) is 4.79 Å². The van der Waals surface area contributed by atoms with E-state index in [9.17, 15) is 4.79 Å². The number of benzene rings is 1. The Hall–Kier alpha value is -1.62. The standard InChI is InChI=1S/C14H13BrN2O2/c1-9-2-3-10(15)8-12(9)19-13-14(18)17(7-6-16-13)11-4-5-11/h2-3,6-8,11H,4-5H2,1H3. The zero-order chi connectivity index (χ0) is 13.4. The quantitative estimate of drug-likeness (QED) is 0.870. The first-order valence-corrected chi connectivity index (χ1v) is 6.95. The van der Waals surface area contributed by atoms with E-state index in [4.69, 9.17) is 4.74 Å². The summed E-state index contributed by atoms with van der Waals surface area (Å²) in [6, 6.07) is 6.02. The van der Waals surface area contributed by atoms with E-state index in [2.05, 4.69) is 20.9 Å². The molecule has 98 valence electrons. The summed E-state index contributed by atoms with van der Waals surface area (Å²) in [4.78, 5) is 16.3. The summed E-state index contributed by atoms with van der Waals surface area (Å²) >= 11 is 3.39. The van der Waals surface area contributed by atoms with E-state index >= 15 is 0 Å². The van der Waals surface area contributed by atoms with Crippen LogP contribution in [0.1, 0.15) is 24.4 Å². The van der Waals surface area contributed by atoms with Gasteiger partial charge in [-0.2, -0.15) is 0 Å². The molecule has 1 aromatic carbocycles. The Balaban J connectivity index is 1.97. The Morgan fingerprint density at radius 2 is 2.21 bits per heavy atom. The van der Waals surface area contributed by atoms with Gasteiger partial charge in [-0.25, -0.2) is 4.98 Å². The van der Waals surface area contributed by atoms with Gasteiger partial charge in [-0.15, -0.1) is 0 Å². The third kappa shape index (κ3) is 2.56. The van der Waals surface area contributed by atoms with Gasteiger partial charge in [0.2, 0.25) is 0 Å². The number of ether oxygens (including phenoxy) is 1. The van der Waals surface area contributed by atoms with Crippen molar-refractivity contribution in [3.05, 3.63) is 51.0 Å². The van der Waals surface area contributed by atoms with Crippen molar-refractivity contribution in [2.45, 2.75) is 25.8 Å². The zero-order valence-electron chi connectivity index (χ0n) is 10.5. The molecule has 0 bridgehead atoms. The third-order valence-electron chi connectivity index (χ3n) is 3.13. The molecule has 1 saturated carbocycles. The maximum absolute atomic E-state index is 12.2. The van der Waals surface area contributed by atoms with Crippen LogP contribution in [-0.4, -0.2) is 9.55 Å². The minimum Gasteiger partial charge on any atom is -0.434 e. The van der Waals surface area contributed by atoms with E-state index in [0.717, 1.165) is 22.9 Å². The minimum atomic E-state index is -0.163. The van der Waals surface area contributed by atoms with E-state index in [-0.39, 0.29) is 11.4 Å². The van der Waals surface area contributed by atoms with E-state index in [0.29, 0.717) is 11.8 Å². The zero-order valence-corrected chi connectivity index (χ0v) is 12.1. The van der Waals surface area contributed by atoms with Gasteiger partial charge in [0.25, 0.3) is 5.88 Å². The number of aryl methyl sites for hydroxylation is 1. The molecule has 0 atom stereocenters. The summed E-state index contributed by atoms with van der Waals surface area (Å²) in [5.74, 6) is 0.781. The number of halogens is 1. The van der Waals surface area contributed by atoms with Crippen LogP contribution in [0.25, 0.3) is 0 Å². The average molecular weight is 321 g/mol. The Labute approximate surface area is 119 Å². The highest BCUT2D eigenvalue weighted by molar-refractivity contribution is 9.10. The second-order valence-electron chi connectivity index (χ2n) is 4.69. The van der Waals surface area contributed by atoms with Gasteiger partial charge in [0.1, 0.15) is 5.75 Å². The lowest BCUT2D eigenvalue weighted by molar-refractivity contribution is 0.441. The van der Waals surface area contributed by atoms with Crippen LogP contribution < -0.4 is 10.3 Å². The van der Waals surface area contributed by atoms with Gasteiger partial charge >= 0.3 is 5.56 Å². The summed E-state index contributed by atoms with van der Waals surface area (Å²) in [7, 11) is 0. The van der Waals surface area contributed by atoms with E-state index < -0.39 is 0 Å². The Morgan fingerprint density at radius 3 is 2.95 bits per heavy atom. The van der Waals surface area contributed by atoms with Crippen LogP contribution in [0.2, 0.25) is 0 Å². The van der Waals surface area contributed by atoms with Crippen molar-refractivity contribution in [1.82, 2.24) is 9.55 Å². The van der Waals surface area contributed by atoms with Crippen LogP contribution in [0, 0.1) is 6.92 Å². The van der Waals surface area contributed by atoms with E-state index in [1.54, 1.807) is 17.0 Å². The topological polar surface area (TPSA) is 44.1 Å². The normalized spacial score (nSPS) is 14.4. The fraction of sp³-hybridized carbons (Fsp3) is 0.286. The van der Waals surface area contributed by atoms with Gasteiger partial charge in [0, 0.05) is 22.9 Å². The van der Waals surface area contributed by atoms with Gasteiger partial charge in [0.05, 0.1) is 0 Å². The van der Waals surface area contributed by atoms with Crippen LogP contribution >= 0.6 is 15.9 Å². The van der Waals surface area contributed by atoms with Crippen molar-refractivity contribution in [1.29, 1.82) is 0 Å². The smallest absolute Gasteiger partial charge is 0.313 e. The molecule has 0 N–H and O–H groups in total. The minimum absolute atomic E-state index is 0.135. The van der Waals surface area contributed by atoms with Crippen LogP contribution in [0.3, 0.4) is 0 Å². The first kappa shape index (κ1) is 12.4. The van der Waals surface area contributed by atoms with Crippen LogP contribution in [0.5, 0.6) is 11.6 Å². The molecule has 1 fully saturated rings. The number of hydrogen-bond donors (Lipinski definition) is 0. The highest BCUT2D eigenvalue weighted by atomic mass is 79.9. The predicted octanol–water partition coefficient (Wildman–Crippen LogP) is 3.44. The molecule has 1 aromatic heterocycles. The summed E-state index contributed by atoms with van der Waals surface area (Å²) in [5, 5.41) is 0. The van der Waals surface area contributed by atoms with E-state index in [1.807, 2.05) is 25.1 Å². The fourth-order valence-electron chi connectivity index (χ4n) is 1.90. The average Bonchev–Trinajstić information content (AvgIpc) is 3.20. The highest BCUT2D eigenvalue weighted by Crippen LogP contribution is 2.33. The lowest BCUT2D eigenvalue weighted by Gasteiger charge is -2.09. The maximum Gasteiger partial charge on any atom is 0.313 e. The largest absolute Gasteiger partial charge is 0.434 e. The van der Waals surface area contributed by atoms with Crippen molar-refractivity contribution >= 4 is 15.9 Å². The molecular formula is C14H13BrN2O2. The molecule has 0 saturated heterocycles.